The third-order valence-corrected chi connectivity index (χ3v) is 14.5. The van der Waals surface area contributed by atoms with Gasteiger partial charge in [0.1, 0.15) is 0 Å². The number of hydrogen-bond acceptors (Lipinski definition) is 6. The van der Waals surface area contributed by atoms with Crippen molar-refractivity contribution in [3.05, 3.63) is 215 Å². The van der Waals surface area contributed by atoms with E-state index in [-0.39, 0.29) is 38.8 Å². The summed E-state index contributed by atoms with van der Waals surface area (Å²) in [5, 5.41) is 0. The number of benzene rings is 6. The predicted octanol–water partition coefficient (Wildman–Crippen LogP) is 10.5. The Morgan fingerprint density at radius 1 is 0.358 bits per heavy atom. The molecule has 0 atom stereocenters. The van der Waals surface area contributed by atoms with Crippen molar-refractivity contribution in [2.24, 2.45) is 5.41 Å². The van der Waals surface area contributed by atoms with Crippen molar-refractivity contribution in [3.8, 4) is 0 Å². The molecular weight excluding hydrogens is 698 g/mol. The molecule has 0 amide bonds. The van der Waals surface area contributed by atoms with Gasteiger partial charge in [0.25, 0.3) is 0 Å². The first kappa shape index (κ1) is 35.6. The fraction of sp³-hybridized carbons (Fsp3) is 0.200. The zero-order valence-electron chi connectivity index (χ0n) is 29.4. The Hall–Kier alpha value is -4.38. The average Bonchev–Trinajstić information content (AvgIpc) is 3.23. The van der Waals surface area contributed by atoms with Gasteiger partial charge < -0.3 is 18.1 Å². The van der Waals surface area contributed by atoms with Crippen LogP contribution in [0.25, 0.3) is 0 Å². The van der Waals surface area contributed by atoms with Crippen LogP contribution in [-0.4, -0.2) is 38.8 Å². The van der Waals surface area contributed by atoms with E-state index in [9.17, 15) is 9.13 Å². The molecule has 8 rings (SSSR count). The highest BCUT2D eigenvalue weighted by Crippen LogP contribution is 2.64. The quantitative estimate of drug-likeness (QED) is 0.103. The van der Waals surface area contributed by atoms with E-state index >= 15 is 0 Å². The van der Waals surface area contributed by atoms with Crippen LogP contribution in [0.1, 0.15) is 33.4 Å². The highest BCUT2D eigenvalue weighted by atomic mass is 31.2. The van der Waals surface area contributed by atoms with Crippen LogP contribution < -0.4 is 0 Å². The van der Waals surface area contributed by atoms with Crippen LogP contribution >= 0.6 is 15.2 Å². The molecule has 53 heavy (non-hydrogen) atoms. The third kappa shape index (κ3) is 6.93. The summed E-state index contributed by atoms with van der Waals surface area (Å²) < 4.78 is 55.0. The third-order valence-electron chi connectivity index (χ3n) is 10.7. The van der Waals surface area contributed by atoms with Crippen molar-refractivity contribution in [1.29, 1.82) is 0 Å². The molecule has 0 aliphatic carbocycles. The number of hydrogen-bond donors (Lipinski definition) is 0. The Balaban J connectivity index is 1.07. The van der Waals surface area contributed by atoms with Crippen LogP contribution in [0.4, 0.5) is 0 Å². The molecule has 0 bridgehead atoms. The van der Waals surface area contributed by atoms with Crippen molar-refractivity contribution in [3.63, 3.8) is 0 Å². The highest BCUT2D eigenvalue weighted by Gasteiger charge is 2.54. The van der Waals surface area contributed by atoms with E-state index in [0.29, 0.717) is 0 Å². The van der Waals surface area contributed by atoms with Gasteiger partial charge >= 0.3 is 15.2 Å². The average molecular weight is 741 g/mol. The first-order valence-electron chi connectivity index (χ1n) is 18.0. The Morgan fingerprint density at radius 2 is 0.547 bits per heavy atom. The smallest absolute Gasteiger partial charge is 0.308 e. The fourth-order valence-corrected chi connectivity index (χ4v) is 12.6. The van der Waals surface area contributed by atoms with Crippen LogP contribution in [0.3, 0.4) is 0 Å². The minimum absolute atomic E-state index is 0.0833. The van der Waals surface area contributed by atoms with Crippen LogP contribution in [0.2, 0.25) is 0 Å². The van der Waals surface area contributed by atoms with Crippen molar-refractivity contribution in [2.45, 2.75) is 10.8 Å². The van der Waals surface area contributed by atoms with E-state index in [4.69, 9.17) is 18.1 Å². The summed E-state index contributed by atoms with van der Waals surface area (Å²) in [5.41, 5.74) is 3.55. The van der Waals surface area contributed by atoms with Crippen LogP contribution in [0.15, 0.2) is 182 Å². The van der Waals surface area contributed by atoms with E-state index in [1.54, 1.807) is 0 Å². The lowest BCUT2D eigenvalue weighted by atomic mass is 9.71. The lowest BCUT2D eigenvalue weighted by Gasteiger charge is -2.46. The molecule has 6 aromatic rings. The molecule has 2 aliphatic rings. The van der Waals surface area contributed by atoms with Crippen molar-refractivity contribution < 1.29 is 27.2 Å². The van der Waals surface area contributed by atoms with E-state index in [0.717, 1.165) is 33.4 Å². The van der Waals surface area contributed by atoms with Gasteiger partial charge in [-0.25, -0.2) is 0 Å². The first-order valence-corrected chi connectivity index (χ1v) is 21.4. The second-order valence-corrected chi connectivity index (χ2v) is 18.2. The van der Waals surface area contributed by atoms with Crippen molar-refractivity contribution in [2.75, 3.05) is 38.8 Å². The first-order chi connectivity index (χ1) is 25.9. The molecule has 0 saturated carbocycles. The largest absolute Gasteiger partial charge is 0.332 e. The van der Waals surface area contributed by atoms with Gasteiger partial charge in [-0.15, -0.1) is 0 Å². The van der Waals surface area contributed by atoms with Gasteiger partial charge in [0.15, 0.2) is 0 Å². The molecule has 268 valence electrons. The fourth-order valence-electron chi connectivity index (χ4n) is 7.91. The monoisotopic (exact) mass is 740 g/mol. The van der Waals surface area contributed by atoms with Crippen LogP contribution in [0, 0.1) is 5.41 Å². The zero-order valence-corrected chi connectivity index (χ0v) is 31.2. The maximum absolute atomic E-state index is 14.8. The Kier molecular flexibility index (Phi) is 9.95. The van der Waals surface area contributed by atoms with Gasteiger partial charge in [-0.05, 0) is 33.4 Å². The highest BCUT2D eigenvalue weighted by molar-refractivity contribution is 7.54. The SMILES string of the molecule is O=P1(CC(c2ccccc2)(c2ccccc2)c2ccccc2)OCC2(CO1)COP(=O)(CC(c1ccccc1)(c1ccccc1)c1ccccc1)OC2. The van der Waals surface area contributed by atoms with E-state index < -0.39 is 31.4 Å². The molecule has 2 aliphatic heterocycles. The van der Waals surface area contributed by atoms with Crippen molar-refractivity contribution >= 4 is 15.2 Å². The molecule has 8 heteroatoms. The Morgan fingerprint density at radius 3 is 0.736 bits per heavy atom. The summed E-state index contributed by atoms with van der Waals surface area (Å²) in [6.07, 6.45) is 0.199. The summed E-state index contributed by atoms with van der Waals surface area (Å²) in [6, 6.07) is 60.7. The molecule has 1 spiro atoms. The van der Waals surface area contributed by atoms with Crippen LogP contribution in [0.5, 0.6) is 0 Å². The molecule has 2 saturated heterocycles. The minimum atomic E-state index is -3.69. The van der Waals surface area contributed by atoms with Gasteiger partial charge in [0, 0.05) is 0 Å². The predicted molar refractivity (Wildman–Crippen MR) is 210 cm³/mol. The lowest BCUT2D eigenvalue weighted by Crippen LogP contribution is -2.47. The normalized spacial score (nSPS) is 23.4. The van der Waals surface area contributed by atoms with Crippen molar-refractivity contribution in [1.82, 2.24) is 0 Å². The second kappa shape index (κ2) is 14.8. The van der Waals surface area contributed by atoms with Gasteiger partial charge in [-0.3, -0.25) is 9.13 Å². The molecule has 6 nitrogen and oxygen atoms in total. The molecular formula is C45H42O6P2. The molecule has 0 N–H and O–H groups in total. The maximum Gasteiger partial charge on any atom is 0.332 e. The van der Waals surface area contributed by atoms with Gasteiger partial charge in [-0.2, -0.15) is 0 Å². The summed E-state index contributed by atoms with van der Waals surface area (Å²) in [6.45, 7) is 0.333. The summed E-state index contributed by atoms with van der Waals surface area (Å²) >= 11 is 0. The molecule has 0 aromatic heterocycles. The summed E-state index contributed by atoms with van der Waals surface area (Å²) in [4.78, 5) is 0. The maximum atomic E-state index is 14.8. The van der Waals surface area contributed by atoms with E-state index in [1.165, 1.54) is 0 Å². The Labute approximate surface area is 311 Å². The van der Waals surface area contributed by atoms with E-state index in [1.807, 2.05) is 109 Å². The molecule has 0 radical (unpaired) electrons. The van der Waals surface area contributed by atoms with Gasteiger partial charge in [0.2, 0.25) is 0 Å². The van der Waals surface area contributed by atoms with Gasteiger partial charge in [-0.1, -0.05) is 182 Å². The second-order valence-electron chi connectivity index (χ2n) is 14.1. The molecule has 6 aromatic carbocycles. The Bertz CT molecular complexity index is 1820. The topological polar surface area (TPSA) is 71.1 Å². The van der Waals surface area contributed by atoms with E-state index in [2.05, 4.69) is 72.8 Å². The van der Waals surface area contributed by atoms with Gasteiger partial charge in [0.05, 0.1) is 55.0 Å². The van der Waals surface area contributed by atoms with Crippen LogP contribution in [-0.2, 0) is 38.1 Å². The minimum Gasteiger partial charge on any atom is -0.308 e. The molecule has 2 fully saturated rings. The lowest BCUT2D eigenvalue weighted by molar-refractivity contribution is -0.0690. The zero-order chi connectivity index (χ0) is 36.2. The number of rotatable bonds is 10. The summed E-state index contributed by atoms with van der Waals surface area (Å²) in [5.74, 6) is 0. The molecule has 0 unspecified atom stereocenters. The standard InChI is InChI=1S/C45H42O6P2/c46-52(35-44(37-19-7-1-8-20-37,38-21-9-2-10-22-38)39-23-11-3-12-24-39)48-31-43(32-49-52)33-50-53(47,51-34-43)36-45(40-25-13-4-14-26-40,41-27-15-5-16-28-41)42-29-17-6-18-30-42/h1-30H,31-36H2. The molecule has 2 heterocycles. The summed E-state index contributed by atoms with van der Waals surface area (Å²) in [7, 11) is -7.38.